The van der Waals surface area contributed by atoms with Crippen LogP contribution >= 0.6 is 0 Å². The number of aromatic amines is 2. The lowest BCUT2D eigenvalue weighted by Crippen LogP contribution is -2.45. The van der Waals surface area contributed by atoms with Gasteiger partial charge in [-0.2, -0.15) is 0 Å². The van der Waals surface area contributed by atoms with Gasteiger partial charge in [0.2, 0.25) is 5.91 Å². The zero-order chi connectivity index (χ0) is 17.1. The Morgan fingerprint density at radius 1 is 1.29 bits per heavy atom. The van der Waals surface area contributed by atoms with E-state index in [1.807, 2.05) is 11.0 Å². The molecule has 1 aromatic carbocycles. The van der Waals surface area contributed by atoms with Gasteiger partial charge in [-0.15, -0.1) is 0 Å². The summed E-state index contributed by atoms with van der Waals surface area (Å²) in [5.74, 6) is -0.380. The van der Waals surface area contributed by atoms with E-state index >= 15 is 0 Å². The van der Waals surface area contributed by atoms with E-state index in [9.17, 15) is 14.0 Å². The Morgan fingerprint density at radius 3 is 2.62 bits per heavy atom. The van der Waals surface area contributed by atoms with Crippen LogP contribution in [0.1, 0.15) is 24.1 Å². The first-order valence-corrected chi connectivity index (χ1v) is 8.09. The predicted octanol–water partition coefficient (Wildman–Crippen LogP) is 1.48. The molecule has 1 aliphatic rings. The van der Waals surface area contributed by atoms with Crippen molar-refractivity contribution in [3.8, 4) is 0 Å². The van der Waals surface area contributed by atoms with Crippen molar-refractivity contribution in [2.75, 3.05) is 18.0 Å². The monoisotopic (exact) mass is 332 g/mol. The number of aromatic nitrogens is 2. The molecular weight excluding hydrogens is 311 g/mol. The molecular formula is C17H21FN4O2. The number of amides is 1. The first-order chi connectivity index (χ1) is 11.5. The fraction of sp³-hybridized carbons (Fsp3) is 0.412. The molecule has 3 rings (SSSR count). The van der Waals surface area contributed by atoms with E-state index in [2.05, 4.69) is 15.5 Å². The summed E-state index contributed by atoms with van der Waals surface area (Å²) in [4.78, 5) is 25.7. The lowest BCUT2D eigenvalue weighted by Gasteiger charge is -2.34. The molecule has 24 heavy (non-hydrogen) atoms. The average molecular weight is 332 g/mol. The smallest absolute Gasteiger partial charge is 0.267 e. The van der Waals surface area contributed by atoms with Crippen molar-refractivity contribution in [3.63, 3.8) is 0 Å². The second kappa shape index (κ2) is 6.90. The van der Waals surface area contributed by atoms with Crippen LogP contribution in [0.2, 0.25) is 0 Å². The first kappa shape index (κ1) is 16.3. The molecule has 6 nitrogen and oxygen atoms in total. The Labute approximate surface area is 139 Å². The molecule has 0 spiro atoms. The molecule has 1 fully saturated rings. The van der Waals surface area contributed by atoms with Gasteiger partial charge in [0, 0.05) is 30.4 Å². The van der Waals surface area contributed by atoms with Crippen LogP contribution in [0.3, 0.4) is 0 Å². The van der Waals surface area contributed by atoms with Crippen LogP contribution in [0, 0.1) is 12.7 Å². The van der Waals surface area contributed by atoms with Crippen molar-refractivity contribution >= 4 is 11.6 Å². The van der Waals surface area contributed by atoms with E-state index < -0.39 is 0 Å². The third-order valence-corrected chi connectivity index (χ3v) is 4.48. The number of hydrogen-bond acceptors (Lipinski definition) is 3. The van der Waals surface area contributed by atoms with Crippen molar-refractivity contribution in [1.82, 2.24) is 15.5 Å². The lowest BCUT2D eigenvalue weighted by molar-refractivity contribution is -0.121. The standard InChI is InChI=1S/C17H21FN4O2/c1-11-13(17(24)21-20-11)10-16(23)19-12-6-8-22(9-7-12)15-5-3-2-4-14(15)18/h2-5,12H,6-10H2,1H3,(H,19,23)(H2,20,21,24). The molecule has 0 aliphatic carbocycles. The average Bonchev–Trinajstić information content (AvgIpc) is 2.88. The molecule has 2 aromatic rings. The number of nitrogens with one attached hydrogen (secondary N) is 3. The number of piperidine rings is 1. The molecule has 1 saturated heterocycles. The van der Waals surface area contributed by atoms with Gasteiger partial charge in [-0.25, -0.2) is 4.39 Å². The predicted molar refractivity (Wildman–Crippen MR) is 89.6 cm³/mol. The fourth-order valence-corrected chi connectivity index (χ4v) is 3.10. The molecule has 7 heteroatoms. The van der Waals surface area contributed by atoms with Gasteiger partial charge in [0.15, 0.2) is 0 Å². The van der Waals surface area contributed by atoms with Gasteiger partial charge in [-0.05, 0) is 31.9 Å². The molecule has 1 aliphatic heterocycles. The van der Waals surface area contributed by atoms with Crippen LogP contribution < -0.4 is 15.8 Å². The van der Waals surface area contributed by atoms with Crippen LogP contribution in [-0.4, -0.2) is 35.2 Å². The molecule has 3 N–H and O–H groups in total. The number of nitrogens with zero attached hydrogens (tertiary/aromatic N) is 1. The molecule has 0 bridgehead atoms. The van der Waals surface area contributed by atoms with Gasteiger partial charge in [0.05, 0.1) is 12.1 Å². The number of para-hydroxylation sites is 1. The summed E-state index contributed by atoms with van der Waals surface area (Å²) in [6, 6.07) is 6.79. The maximum atomic E-state index is 13.8. The number of hydrogen-bond donors (Lipinski definition) is 3. The Kier molecular flexibility index (Phi) is 4.69. The Hall–Kier alpha value is -2.57. The van der Waals surface area contributed by atoms with Gasteiger partial charge in [-0.3, -0.25) is 14.7 Å². The minimum atomic E-state index is -0.253. The number of aryl methyl sites for hydroxylation is 1. The number of halogens is 1. The zero-order valence-electron chi connectivity index (χ0n) is 13.6. The van der Waals surface area contributed by atoms with Crippen LogP contribution in [0.15, 0.2) is 29.1 Å². The second-order valence-corrected chi connectivity index (χ2v) is 6.14. The molecule has 1 aromatic heterocycles. The van der Waals surface area contributed by atoms with E-state index in [0.717, 1.165) is 12.8 Å². The van der Waals surface area contributed by atoms with E-state index in [1.54, 1.807) is 19.1 Å². The summed E-state index contributed by atoms with van der Waals surface area (Å²) in [5, 5.41) is 8.16. The third-order valence-electron chi connectivity index (χ3n) is 4.48. The number of anilines is 1. The summed E-state index contributed by atoms with van der Waals surface area (Å²) >= 11 is 0. The van der Waals surface area contributed by atoms with Crippen molar-refractivity contribution in [2.45, 2.75) is 32.2 Å². The molecule has 1 amide bonds. The number of rotatable bonds is 4. The van der Waals surface area contributed by atoms with E-state index in [-0.39, 0.29) is 29.7 Å². The highest BCUT2D eigenvalue weighted by Crippen LogP contribution is 2.22. The molecule has 0 radical (unpaired) electrons. The normalized spacial score (nSPS) is 15.5. The number of H-pyrrole nitrogens is 2. The molecule has 0 atom stereocenters. The maximum absolute atomic E-state index is 13.8. The minimum Gasteiger partial charge on any atom is -0.369 e. The topological polar surface area (TPSA) is 81.0 Å². The number of benzene rings is 1. The molecule has 0 saturated carbocycles. The van der Waals surface area contributed by atoms with E-state index in [4.69, 9.17) is 0 Å². The van der Waals surface area contributed by atoms with Gasteiger partial charge in [0.1, 0.15) is 5.82 Å². The van der Waals surface area contributed by atoms with Crippen molar-refractivity contribution in [1.29, 1.82) is 0 Å². The van der Waals surface area contributed by atoms with E-state index in [1.165, 1.54) is 6.07 Å². The van der Waals surface area contributed by atoms with Crippen molar-refractivity contribution in [3.05, 3.63) is 51.7 Å². The van der Waals surface area contributed by atoms with Crippen LogP contribution in [0.4, 0.5) is 10.1 Å². The summed E-state index contributed by atoms with van der Waals surface area (Å²) < 4.78 is 13.8. The van der Waals surface area contributed by atoms with Crippen molar-refractivity contribution in [2.24, 2.45) is 0 Å². The second-order valence-electron chi connectivity index (χ2n) is 6.14. The quantitative estimate of drug-likeness (QED) is 0.793. The molecule has 2 heterocycles. The van der Waals surface area contributed by atoms with Crippen LogP contribution in [0.5, 0.6) is 0 Å². The minimum absolute atomic E-state index is 0.0545. The SMILES string of the molecule is Cc1[nH][nH]c(=O)c1CC(=O)NC1CCN(c2ccccc2F)CC1. The highest BCUT2D eigenvalue weighted by atomic mass is 19.1. The maximum Gasteiger partial charge on any atom is 0.267 e. The summed E-state index contributed by atoms with van der Waals surface area (Å²) in [6.07, 6.45) is 1.57. The first-order valence-electron chi connectivity index (χ1n) is 8.09. The van der Waals surface area contributed by atoms with Crippen LogP contribution in [0.25, 0.3) is 0 Å². The molecule has 0 unspecified atom stereocenters. The lowest BCUT2D eigenvalue weighted by atomic mass is 10.0. The van der Waals surface area contributed by atoms with Crippen LogP contribution in [-0.2, 0) is 11.2 Å². The summed E-state index contributed by atoms with van der Waals surface area (Å²) in [5.41, 5.74) is 1.51. The Morgan fingerprint density at radius 2 is 2.00 bits per heavy atom. The molecule has 128 valence electrons. The zero-order valence-corrected chi connectivity index (χ0v) is 13.6. The van der Waals surface area contributed by atoms with Gasteiger partial charge in [0.25, 0.3) is 5.56 Å². The van der Waals surface area contributed by atoms with E-state index in [0.29, 0.717) is 30.0 Å². The highest BCUT2D eigenvalue weighted by Gasteiger charge is 2.23. The number of carbonyl (C=O) groups is 1. The number of carbonyl (C=O) groups excluding carboxylic acids is 1. The van der Waals surface area contributed by atoms with Gasteiger partial charge < -0.3 is 15.3 Å². The Balaban J connectivity index is 1.53. The highest BCUT2D eigenvalue weighted by molar-refractivity contribution is 5.79. The van der Waals surface area contributed by atoms with Gasteiger partial charge >= 0.3 is 0 Å². The summed E-state index contributed by atoms with van der Waals surface area (Å²) in [7, 11) is 0. The van der Waals surface area contributed by atoms with Crippen molar-refractivity contribution < 1.29 is 9.18 Å². The Bertz CT molecular complexity index is 775. The third kappa shape index (κ3) is 3.50. The largest absolute Gasteiger partial charge is 0.369 e. The van der Waals surface area contributed by atoms with Gasteiger partial charge in [-0.1, -0.05) is 12.1 Å². The summed E-state index contributed by atoms with van der Waals surface area (Å²) in [6.45, 7) is 3.14. The fourth-order valence-electron chi connectivity index (χ4n) is 3.10.